The Balaban J connectivity index is 1.78. The number of anilines is 3. The van der Waals surface area contributed by atoms with Crippen molar-refractivity contribution in [1.82, 2.24) is 19.7 Å². The van der Waals surface area contributed by atoms with Gasteiger partial charge in [-0.25, -0.2) is 14.6 Å². The average molecular weight is 360 g/mol. The maximum absolute atomic E-state index is 12.9. The summed E-state index contributed by atoms with van der Waals surface area (Å²) < 4.78 is 40.5. The van der Waals surface area contributed by atoms with E-state index in [0.717, 1.165) is 22.9 Å². The van der Waals surface area contributed by atoms with E-state index in [1.807, 2.05) is 13.0 Å². The van der Waals surface area contributed by atoms with Gasteiger partial charge in [-0.1, -0.05) is 6.07 Å². The molecule has 134 valence electrons. The first-order valence-electron chi connectivity index (χ1n) is 7.90. The Hall–Kier alpha value is -3.10. The molecule has 0 fully saturated rings. The molecule has 4 rings (SSSR count). The van der Waals surface area contributed by atoms with Crippen LogP contribution in [0.25, 0.3) is 11.4 Å². The Bertz CT molecular complexity index is 993. The SMILES string of the molecule is Cc1c(-c2ncnn2C)ccc2c1NCc1ccc(C(F)(F)F)nc1N2. The van der Waals surface area contributed by atoms with Crippen molar-refractivity contribution >= 4 is 17.2 Å². The molecule has 0 spiro atoms. The molecule has 0 saturated carbocycles. The lowest BCUT2D eigenvalue weighted by Crippen LogP contribution is -2.10. The van der Waals surface area contributed by atoms with E-state index in [-0.39, 0.29) is 5.82 Å². The van der Waals surface area contributed by atoms with Gasteiger partial charge >= 0.3 is 6.18 Å². The molecule has 0 aliphatic carbocycles. The second-order valence-corrected chi connectivity index (χ2v) is 6.05. The van der Waals surface area contributed by atoms with Crippen LogP contribution in [0.5, 0.6) is 0 Å². The van der Waals surface area contributed by atoms with Crippen LogP contribution < -0.4 is 10.6 Å². The second kappa shape index (κ2) is 5.72. The molecule has 2 N–H and O–H groups in total. The highest BCUT2D eigenvalue weighted by Gasteiger charge is 2.33. The number of pyridine rings is 1. The Morgan fingerprint density at radius 1 is 1.15 bits per heavy atom. The van der Waals surface area contributed by atoms with Crippen LogP contribution in [0.3, 0.4) is 0 Å². The summed E-state index contributed by atoms with van der Waals surface area (Å²) in [4.78, 5) is 8.02. The number of fused-ring (bicyclic) bond motifs is 2. The smallest absolute Gasteiger partial charge is 0.379 e. The maximum atomic E-state index is 12.9. The average Bonchev–Trinajstić information content (AvgIpc) is 2.90. The second-order valence-electron chi connectivity index (χ2n) is 6.05. The number of alkyl halides is 3. The quantitative estimate of drug-likeness (QED) is 0.689. The van der Waals surface area contributed by atoms with Crippen LogP contribution in [0.4, 0.5) is 30.4 Å². The van der Waals surface area contributed by atoms with Gasteiger partial charge in [0.25, 0.3) is 0 Å². The Morgan fingerprint density at radius 3 is 2.65 bits per heavy atom. The molecule has 1 aliphatic heterocycles. The standard InChI is InChI=1S/C17H15F3N6/c1-9-11(16-22-8-23-26(16)2)4-5-12-14(9)21-7-10-3-6-13(17(18,19)20)25-15(10)24-12/h3-6,8,21H,7H2,1-2H3,(H,24,25). The van der Waals surface area contributed by atoms with E-state index >= 15 is 0 Å². The van der Waals surface area contributed by atoms with E-state index in [1.165, 1.54) is 12.4 Å². The molecule has 0 saturated heterocycles. The molecular weight excluding hydrogens is 345 g/mol. The molecule has 9 heteroatoms. The molecule has 1 aromatic carbocycles. The number of aryl methyl sites for hydroxylation is 1. The summed E-state index contributed by atoms with van der Waals surface area (Å²) in [7, 11) is 1.80. The molecule has 3 heterocycles. The third-order valence-corrected chi connectivity index (χ3v) is 4.40. The van der Waals surface area contributed by atoms with E-state index in [4.69, 9.17) is 0 Å². The van der Waals surface area contributed by atoms with Crippen molar-refractivity contribution in [3.63, 3.8) is 0 Å². The molecular formula is C17H15F3N6. The van der Waals surface area contributed by atoms with Gasteiger partial charge in [0.2, 0.25) is 0 Å². The van der Waals surface area contributed by atoms with Crippen LogP contribution >= 0.6 is 0 Å². The maximum Gasteiger partial charge on any atom is 0.433 e. The van der Waals surface area contributed by atoms with E-state index < -0.39 is 11.9 Å². The van der Waals surface area contributed by atoms with Crippen molar-refractivity contribution in [2.45, 2.75) is 19.6 Å². The first-order valence-corrected chi connectivity index (χ1v) is 7.90. The van der Waals surface area contributed by atoms with Gasteiger partial charge in [-0.3, -0.25) is 0 Å². The highest BCUT2D eigenvalue weighted by Crippen LogP contribution is 2.38. The van der Waals surface area contributed by atoms with E-state index in [9.17, 15) is 13.2 Å². The van der Waals surface area contributed by atoms with E-state index in [0.29, 0.717) is 23.6 Å². The van der Waals surface area contributed by atoms with Crippen molar-refractivity contribution in [2.24, 2.45) is 7.05 Å². The van der Waals surface area contributed by atoms with Gasteiger partial charge in [-0.15, -0.1) is 0 Å². The molecule has 0 radical (unpaired) electrons. The molecule has 0 bridgehead atoms. The highest BCUT2D eigenvalue weighted by atomic mass is 19.4. The fourth-order valence-electron chi connectivity index (χ4n) is 3.03. The minimum atomic E-state index is -4.48. The van der Waals surface area contributed by atoms with Crippen LogP contribution in [0.15, 0.2) is 30.6 Å². The van der Waals surface area contributed by atoms with E-state index in [1.54, 1.807) is 17.8 Å². The Morgan fingerprint density at radius 2 is 1.96 bits per heavy atom. The van der Waals surface area contributed by atoms with Crippen molar-refractivity contribution in [3.05, 3.63) is 47.4 Å². The number of hydrogen-bond donors (Lipinski definition) is 2. The summed E-state index contributed by atoms with van der Waals surface area (Å²) in [6.07, 6.45) is -3.01. The molecule has 0 atom stereocenters. The van der Waals surface area contributed by atoms with Crippen LogP contribution in [0, 0.1) is 6.92 Å². The van der Waals surface area contributed by atoms with Gasteiger partial charge in [0.05, 0.1) is 11.4 Å². The summed E-state index contributed by atoms with van der Waals surface area (Å²) in [6, 6.07) is 6.10. The zero-order chi connectivity index (χ0) is 18.5. The van der Waals surface area contributed by atoms with Crippen LogP contribution in [-0.4, -0.2) is 19.7 Å². The molecule has 26 heavy (non-hydrogen) atoms. The van der Waals surface area contributed by atoms with Gasteiger partial charge in [0.1, 0.15) is 17.8 Å². The minimum absolute atomic E-state index is 0.205. The van der Waals surface area contributed by atoms with Gasteiger partial charge < -0.3 is 10.6 Å². The van der Waals surface area contributed by atoms with Crippen molar-refractivity contribution < 1.29 is 13.2 Å². The lowest BCUT2D eigenvalue weighted by atomic mass is 10.0. The number of nitrogens with one attached hydrogen (secondary N) is 2. The molecule has 0 unspecified atom stereocenters. The zero-order valence-electron chi connectivity index (χ0n) is 14.0. The fraction of sp³-hybridized carbons (Fsp3) is 0.235. The highest BCUT2D eigenvalue weighted by molar-refractivity contribution is 5.84. The number of rotatable bonds is 1. The number of benzene rings is 1. The summed E-state index contributed by atoms with van der Waals surface area (Å²) in [5.41, 5.74) is 3.03. The summed E-state index contributed by atoms with van der Waals surface area (Å²) in [6.45, 7) is 2.30. The summed E-state index contributed by atoms with van der Waals surface area (Å²) in [5.74, 6) is 0.920. The Kier molecular flexibility index (Phi) is 3.60. The van der Waals surface area contributed by atoms with Gasteiger partial charge in [0.15, 0.2) is 5.82 Å². The molecule has 0 amide bonds. The molecule has 2 aromatic heterocycles. The summed E-state index contributed by atoms with van der Waals surface area (Å²) >= 11 is 0. The van der Waals surface area contributed by atoms with Crippen LogP contribution in [0.1, 0.15) is 16.8 Å². The largest absolute Gasteiger partial charge is 0.433 e. The fourth-order valence-corrected chi connectivity index (χ4v) is 3.03. The first-order chi connectivity index (χ1) is 12.3. The van der Waals surface area contributed by atoms with Crippen molar-refractivity contribution in [3.8, 4) is 11.4 Å². The first kappa shape index (κ1) is 16.4. The van der Waals surface area contributed by atoms with Crippen LogP contribution in [0.2, 0.25) is 0 Å². The lowest BCUT2D eigenvalue weighted by molar-refractivity contribution is -0.141. The monoisotopic (exact) mass is 360 g/mol. The van der Waals surface area contributed by atoms with E-state index in [2.05, 4.69) is 25.7 Å². The van der Waals surface area contributed by atoms with Gasteiger partial charge in [-0.05, 0) is 30.7 Å². The number of aromatic nitrogens is 4. The topological polar surface area (TPSA) is 67.7 Å². The normalized spacial score (nSPS) is 13.3. The third kappa shape index (κ3) is 2.65. The zero-order valence-corrected chi connectivity index (χ0v) is 14.0. The third-order valence-electron chi connectivity index (χ3n) is 4.40. The molecule has 6 nitrogen and oxygen atoms in total. The lowest BCUT2D eigenvalue weighted by Gasteiger charge is -2.15. The van der Waals surface area contributed by atoms with Crippen LogP contribution in [-0.2, 0) is 19.8 Å². The predicted molar refractivity (Wildman–Crippen MR) is 91.0 cm³/mol. The molecule has 3 aromatic rings. The van der Waals surface area contributed by atoms with Crippen molar-refractivity contribution in [1.29, 1.82) is 0 Å². The predicted octanol–water partition coefficient (Wildman–Crippen LogP) is 3.87. The minimum Gasteiger partial charge on any atom is -0.379 e. The van der Waals surface area contributed by atoms with Crippen molar-refractivity contribution in [2.75, 3.05) is 10.6 Å². The van der Waals surface area contributed by atoms with Gasteiger partial charge in [-0.2, -0.15) is 18.3 Å². The number of nitrogens with zero attached hydrogens (tertiary/aromatic N) is 4. The molecule has 1 aliphatic rings. The summed E-state index contributed by atoms with van der Waals surface area (Å²) in [5, 5.41) is 10.4. The Labute approximate surface area is 147 Å². The number of halogens is 3. The van der Waals surface area contributed by atoms with Gasteiger partial charge in [0, 0.05) is 24.7 Å². The number of hydrogen-bond acceptors (Lipinski definition) is 5.